The molecule has 2 aromatic heterocycles. The second-order valence-electron chi connectivity index (χ2n) is 6.61. The Labute approximate surface area is 171 Å². The molecule has 28 heavy (non-hydrogen) atoms. The van der Waals surface area contributed by atoms with Crippen molar-refractivity contribution in [1.82, 2.24) is 9.29 Å². The number of amides is 1. The van der Waals surface area contributed by atoms with Gasteiger partial charge in [-0.05, 0) is 42.5 Å². The van der Waals surface area contributed by atoms with Crippen LogP contribution in [0.5, 0.6) is 0 Å². The van der Waals surface area contributed by atoms with E-state index in [9.17, 15) is 13.2 Å². The molecule has 3 aromatic rings. The van der Waals surface area contributed by atoms with Crippen molar-refractivity contribution in [3.63, 3.8) is 0 Å². The van der Waals surface area contributed by atoms with Crippen molar-refractivity contribution in [2.24, 2.45) is 0 Å². The van der Waals surface area contributed by atoms with Gasteiger partial charge in [0, 0.05) is 25.8 Å². The molecule has 0 saturated carbocycles. The smallest absolute Gasteiger partial charge is 0.252 e. The van der Waals surface area contributed by atoms with Gasteiger partial charge in [-0.2, -0.15) is 4.31 Å². The maximum absolute atomic E-state index is 12.4. The zero-order valence-corrected chi connectivity index (χ0v) is 17.7. The average molecular weight is 437 g/mol. The Balaban J connectivity index is 1.44. The number of carbonyl (C=O) groups is 1. The first-order valence-electron chi connectivity index (χ1n) is 8.89. The molecule has 1 aliphatic rings. The summed E-state index contributed by atoms with van der Waals surface area (Å²) in [5.74, 6) is -0.383. The van der Waals surface area contributed by atoms with E-state index in [0.717, 1.165) is 44.1 Å². The number of nitrogens with one attached hydrogen (secondary N) is 1. The molecule has 0 bridgehead atoms. The fraction of sp³-hybridized carbons (Fsp3) is 0.333. The molecule has 1 fully saturated rings. The van der Waals surface area contributed by atoms with Gasteiger partial charge in [0.2, 0.25) is 5.91 Å². The predicted molar refractivity (Wildman–Crippen MR) is 114 cm³/mol. The van der Waals surface area contributed by atoms with Crippen molar-refractivity contribution in [2.45, 2.75) is 17.1 Å². The highest BCUT2D eigenvalue weighted by molar-refractivity contribution is 7.91. The summed E-state index contributed by atoms with van der Waals surface area (Å²) in [6.45, 7) is 1.82. The molecular weight excluding hydrogens is 416 g/mol. The van der Waals surface area contributed by atoms with Crippen LogP contribution in [0.4, 0.5) is 10.8 Å². The highest BCUT2D eigenvalue weighted by Crippen LogP contribution is 2.32. The average Bonchev–Trinajstić information content (AvgIpc) is 3.40. The maximum Gasteiger partial charge on any atom is 0.252 e. The summed E-state index contributed by atoms with van der Waals surface area (Å²) in [6.07, 6.45) is 2.39. The summed E-state index contributed by atoms with van der Waals surface area (Å²) in [7, 11) is -2.24. The first kappa shape index (κ1) is 19.3. The van der Waals surface area contributed by atoms with E-state index in [1.807, 2.05) is 12.1 Å². The third-order valence-electron chi connectivity index (χ3n) is 4.56. The van der Waals surface area contributed by atoms with Gasteiger partial charge < -0.3 is 10.2 Å². The molecule has 1 N–H and O–H groups in total. The number of benzene rings is 1. The van der Waals surface area contributed by atoms with E-state index in [-0.39, 0.29) is 16.7 Å². The zero-order chi connectivity index (χ0) is 19.7. The van der Waals surface area contributed by atoms with Crippen LogP contribution in [0.3, 0.4) is 0 Å². The molecule has 0 radical (unpaired) electrons. The minimum absolute atomic E-state index is 0.225. The quantitative estimate of drug-likeness (QED) is 0.642. The van der Waals surface area contributed by atoms with Crippen LogP contribution in [0, 0.1) is 0 Å². The van der Waals surface area contributed by atoms with E-state index in [1.165, 1.54) is 26.0 Å². The summed E-state index contributed by atoms with van der Waals surface area (Å²) in [5, 5.41) is 5.49. The number of hydrogen-bond donors (Lipinski definition) is 1. The molecule has 3 heterocycles. The number of rotatable bonds is 6. The SMILES string of the molecule is CN(CC(=O)Nc1ccc2nc(N3CCCC3)sc2c1)S(=O)(=O)c1cccs1. The van der Waals surface area contributed by atoms with Gasteiger partial charge in [-0.25, -0.2) is 13.4 Å². The number of nitrogens with zero attached hydrogens (tertiary/aromatic N) is 3. The van der Waals surface area contributed by atoms with Crippen molar-refractivity contribution in [2.75, 3.05) is 36.9 Å². The Morgan fingerprint density at radius 3 is 2.79 bits per heavy atom. The molecule has 1 amide bonds. The number of aromatic nitrogens is 1. The standard InChI is InChI=1S/C18H20N4O3S3/c1-21(28(24,25)17-5-4-10-26-17)12-16(23)19-13-6-7-14-15(11-13)27-18(20-14)22-8-2-3-9-22/h4-7,10-11H,2-3,8-9,12H2,1H3,(H,19,23). The van der Waals surface area contributed by atoms with Crippen LogP contribution in [-0.2, 0) is 14.8 Å². The Hall–Kier alpha value is -2.01. The summed E-state index contributed by atoms with van der Waals surface area (Å²) < 4.78 is 27.1. The van der Waals surface area contributed by atoms with Crippen molar-refractivity contribution in [3.05, 3.63) is 35.7 Å². The third kappa shape index (κ3) is 3.90. The number of sulfonamides is 1. The van der Waals surface area contributed by atoms with Crippen molar-refractivity contribution < 1.29 is 13.2 Å². The molecule has 0 atom stereocenters. The molecule has 1 aliphatic heterocycles. The van der Waals surface area contributed by atoms with Crippen molar-refractivity contribution in [1.29, 1.82) is 0 Å². The lowest BCUT2D eigenvalue weighted by atomic mass is 10.3. The summed E-state index contributed by atoms with van der Waals surface area (Å²) >= 11 is 2.74. The maximum atomic E-state index is 12.4. The Bertz CT molecular complexity index is 1090. The number of likely N-dealkylation sites (N-methyl/N-ethyl adjacent to an activating group) is 1. The van der Waals surface area contributed by atoms with E-state index in [1.54, 1.807) is 28.8 Å². The van der Waals surface area contributed by atoms with Crippen LogP contribution in [0.1, 0.15) is 12.8 Å². The van der Waals surface area contributed by atoms with Crippen LogP contribution < -0.4 is 10.2 Å². The molecular formula is C18H20N4O3S3. The van der Waals surface area contributed by atoms with E-state index in [2.05, 4.69) is 15.2 Å². The van der Waals surface area contributed by atoms with E-state index < -0.39 is 10.0 Å². The molecule has 4 rings (SSSR count). The first-order valence-corrected chi connectivity index (χ1v) is 12.0. The lowest BCUT2D eigenvalue weighted by Gasteiger charge is -2.15. The van der Waals surface area contributed by atoms with Gasteiger partial charge in [0.15, 0.2) is 5.13 Å². The van der Waals surface area contributed by atoms with Crippen LogP contribution in [0.2, 0.25) is 0 Å². The zero-order valence-electron chi connectivity index (χ0n) is 15.3. The van der Waals surface area contributed by atoms with Crippen LogP contribution >= 0.6 is 22.7 Å². The van der Waals surface area contributed by atoms with E-state index >= 15 is 0 Å². The highest BCUT2D eigenvalue weighted by Gasteiger charge is 2.24. The molecule has 10 heteroatoms. The van der Waals surface area contributed by atoms with Gasteiger partial charge in [-0.3, -0.25) is 4.79 Å². The molecule has 7 nitrogen and oxygen atoms in total. The van der Waals surface area contributed by atoms with Gasteiger partial charge in [-0.1, -0.05) is 17.4 Å². The van der Waals surface area contributed by atoms with Gasteiger partial charge in [-0.15, -0.1) is 11.3 Å². The molecule has 148 valence electrons. The number of thiophene rings is 1. The number of carbonyl (C=O) groups excluding carboxylic acids is 1. The van der Waals surface area contributed by atoms with Crippen LogP contribution in [0.25, 0.3) is 10.2 Å². The van der Waals surface area contributed by atoms with Crippen LogP contribution in [0.15, 0.2) is 39.9 Å². The van der Waals surface area contributed by atoms with Gasteiger partial charge >= 0.3 is 0 Å². The topological polar surface area (TPSA) is 82.6 Å². The Morgan fingerprint density at radius 1 is 1.29 bits per heavy atom. The normalized spacial score (nSPS) is 14.9. The molecule has 1 aromatic carbocycles. The van der Waals surface area contributed by atoms with Crippen molar-refractivity contribution >= 4 is 59.6 Å². The number of fused-ring (bicyclic) bond motifs is 1. The van der Waals surface area contributed by atoms with Crippen LogP contribution in [-0.4, -0.2) is 50.3 Å². The van der Waals surface area contributed by atoms with Crippen molar-refractivity contribution in [3.8, 4) is 0 Å². The monoisotopic (exact) mass is 436 g/mol. The fourth-order valence-electron chi connectivity index (χ4n) is 3.09. The third-order valence-corrected chi connectivity index (χ3v) is 8.82. The number of anilines is 2. The lowest BCUT2D eigenvalue weighted by Crippen LogP contribution is -2.34. The first-order chi connectivity index (χ1) is 13.4. The predicted octanol–water partition coefficient (Wildman–Crippen LogP) is 3.22. The second kappa shape index (κ2) is 7.78. The summed E-state index contributed by atoms with van der Waals surface area (Å²) in [5.41, 5.74) is 1.54. The Kier molecular flexibility index (Phi) is 5.37. The Morgan fingerprint density at radius 2 is 2.07 bits per heavy atom. The largest absolute Gasteiger partial charge is 0.348 e. The fourth-order valence-corrected chi connectivity index (χ4v) is 6.47. The minimum Gasteiger partial charge on any atom is -0.348 e. The highest BCUT2D eigenvalue weighted by atomic mass is 32.2. The molecule has 1 saturated heterocycles. The van der Waals surface area contributed by atoms with Gasteiger partial charge in [0.1, 0.15) is 4.21 Å². The molecule has 0 aliphatic carbocycles. The molecule has 0 unspecified atom stereocenters. The number of thiazole rings is 1. The van der Waals surface area contributed by atoms with Gasteiger partial charge in [0.05, 0.1) is 16.8 Å². The summed E-state index contributed by atoms with van der Waals surface area (Å²) in [6, 6.07) is 8.77. The van der Waals surface area contributed by atoms with E-state index in [0.29, 0.717) is 5.69 Å². The second-order valence-corrected chi connectivity index (χ2v) is 10.8. The summed E-state index contributed by atoms with van der Waals surface area (Å²) in [4.78, 5) is 19.3. The lowest BCUT2D eigenvalue weighted by molar-refractivity contribution is -0.116. The minimum atomic E-state index is -3.65. The molecule has 0 spiro atoms. The van der Waals surface area contributed by atoms with E-state index in [4.69, 9.17) is 0 Å². The van der Waals surface area contributed by atoms with Gasteiger partial charge in [0.25, 0.3) is 10.0 Å². The number of hydrogen-bond acceptors (Lipinski definition) is 7.